The van der Waals surface area contributed by atoms with E-state index < -0.39 is 32.5 Å². The number of aryl methyl sites for hydroxylation is 1. The highest BCUT2D eigenvalue weighted by Gasteiger charge is 2.22. The van der Waals surface area contributed by atoms with Crippen LogP contribution in [0, 0.1) is 6.92 Å². The second-order valence-corrected chi connectivity index (χ2v) is 12.0. The molecular weight excluding hydrogens is 526 g/mol. The van der Waals surface area contributed by atoms with E-state index in [4.69, 9.17) is 11.6 Å². The molecule has 12 heteroatoms. The molecule has 0 radical (unpaired) electrons. The highest BCUT2D eigenvalue weighted by Crippen LogP contribution is 2.24. The highest BCUT2D eigenvalue weighted by atomic mass is 35.5. The van der Waals surface area contributed by atoms with Crippen molar-refractivity contribution in [2.24, 2.45) is 0 Å². The van der Waals surface area contributed by atoms with Crippen LogP contribution < -0.4 is 14.3 Å². The SMILES string of the molecule is CC(=O)c1cccc(N(CC(=O)Nc2ccc(S(=O)(=O)Nc3cc(Cl)ccc3C)cc2)S(C)(=O)=O)c1. The van der Waals surface area contributed by atoms with Crippen molar-refractivity contribution in [3.05, 3.63) is 82.9 Å². The second kappa shape index (κ2) is 10.7. The van der Waals surface area contributed by atoms with Crippen LogP contribution in [0.25, 0.3) is 0 Å². The molecule has 0 unspecified atom stereocenters. The van der Waals surface area contributed by atoms with Gasteiger partial charge in [0.05, 0.1) is 22.5 Å². The molecule has 0 spiro atoms. The van der Waals surface area contributed by atoms with Crippen molar-refractivity contribution in [3.8, 4) is 0 Å². The lowest BCUT2D eigenvalue weighted by atomic mass is 10.1. The molecule has 0 aliphatic heterocycles. The van der Waals surface area contributed by atoms with Crippen LogP contribution in [0.4, 0.5) is 17.1 Å². The minimum absolute atomic E-state index is 0.0429. The molecule has 0 heterocycles. The summed E-state index contributed by atoms with van der Waals surface area (Å²) in [5.41, 5.74) is 1.78. The summed E-state index contributed by atoms with van der Waals surface area (Å²) in [7, 11) is -7.77. The number of halogens is 1. The van der Waals surface area contributed by atoms with Crippen LogP contribution >= 0.6 is 11.6 Å². The lowest BCUT2D eigenvalue weighted by molar-refractivity contribution is -0.114. The fourth-order valence-electron chi connectivity index (χ4n) is 3.24. The number of hydrogen-bond acceptors (Lipinski definition) is 6. The molecule has 0 saturated heterocycles. The van der Waals surface area contributed by atoms with E-state index in [9.17, 15) is 26.4 Å². The molecule has 3 rings (SSSR count). The van der Waals surface area contributed by atoms with Gasteiger partial charge in [0.25, 0.3) is 10.0 Å². The molecule has 0 saturated carbocycles. The normalized spacial score (nSPS) is 11.6. The van der Waals surface area contributed by atoms with E-state index in [0.717, 1.165) is 10.6 Å². The van der Waals surface area contributed by atoms with E-state index in [2.05, 4.69) is 10.0 Å². The number of hydrogen-bond donors (Lipinski definition) is 2. The molecule has 36 heavy (non-hydrogen) atoms. The summed E-state index contributed by atoms with van der Waals surface area (Å²) >= 11 is 5.95. The van der Waals surface area contributed by atoms with Crippen LogP contribution in [0.15, 0.2) is 71.6 Å². The predicted octanol–water partition coefficient (Wildman–Crippen LogP) is 4.06. The number of benzene rings is 3. The van der Waals surface area contributed by atoms with Crippen molar-refractivity contribution in [3.63, 3.8) is 0 Å². The molecule has 0 aliphatic rings. The zero-order chi connectivity index (χ0) is 26.7. The molecule has 3 aromatic carbocycles. The number of ketones is 1. The van der Waals surface area contributed by atoms with E-state index in [1.807, 2.05) is 0 Å². The smallest absolute Gasteiger partial charge is 0.261 e. The third kappa shape index (κ3) is 6.84. The average Bonchev–Trinajstić information content (AvgIpc) is 2.79. The Morgan fingerprint density at radius 2 is 1.61 bits per heavy atom. The zero-order valence-electron chi connectivity index (χ0n) is 19.6. The molecule has 0 atom stereocenters. The van der Waals surface area contributed by atoms with Gasteiger partial charge in [-0.3, -0.25) is 18.6 Å². The van der Waals surface area contributed by atoms with Crippen LogP contribution in [-0.4, -0.2) is 41.3 Å². The Hall–Kier alpha value is -3.41. The first-order valence-corrected chi connectivity index (χ1v) is 14.2. The van der Waals surface area contributed by atoms with Crippen molar-refractivity contribution in [1.82, 2.24) is 0 Å². The molecule has 2 N–H and O–H groups in total. The van der Waals surface area contributed by atoms with Crippen LogP contribution in [-0.2, 0) is 24.8 Å². The lowest BCUT2D eigenvalue weighted by Gasteiger charge is -2.22. The Labute approximate surface area is 215 Å². The number of Topliss-reactive ketones (excluding diaryl/α,β-unsaturated/α-hetero) is 1. The fraction of sp³-hybridized carbons (Fsp3) is 0.167. The van der Waals surface area contributed by atoms with Gasteiger partial charge in [-0.25, -0.2) is 16.8 Å². The first-order chi connectivity index (χ1) is 16.8. The number of carbonyl (C=O) groups excluding carboxylic acids is 2. The minimum Gasteiger partial charge on any atom is -0.325 e. The number of nitrogens with zero attached hydrogens (tertiary/aromatic N) is 1. The van der Waals surface area contributed by atoms with E-state index in [0.29, 0.717) is 21.8 Å². The van der Waals surface area contributed by atoms with Gasteiger partial charge in [0.1, 0.15) is 6.54 Å². The molecular formula is C24H24ClN3O6S2. The third-order valence-electron chi connectivity index (χ3n) is 5.12. The second-order valence-electron chi connectivity index (χ2n) is 8.01. The third-order valence-corrected chi connectivity index (χ3v) is 7.88. The summed E-state index contributed by atoms with van der Waals surface area (Å²) in [4.78, 5) is 24.2. The van der Waals surface area contributed by atoms with Crippen molar-refractivity contribution in [2.75, 3.05) is 27.1 Å². The number of rotatable bonds is 9. The van der Waals surface area contributed by atoms with Crippen molar-refractivity contribution < 1.29 is 26.4 Å². The Balaban J connectivity index is 1.75. The van der Waals surface area contributed by atoms with Crippen LogP contribution in [0.1, 0.15) is 22.8 Å². The summed E-state index contributed by atoms with van der Waals surface area (Å²) in [5, 5.41) is 2.93. The summed E-state index contributed by atoms with van der Waals surface area (Å²) < 4.78 is 53.5. The van der Waals surface area contributed by atoms with Gasteiger partial charge in [0.15, 0.2) is 5.78 Å². The summed E-state index contributed by atoms with van der Waals surface area (Å²) in [6, 6.07) is 16.2. The van der Waals surface area contributed by atoms with E-state index in [1.165, 1.54) is 55.5 Å². The topological polar surface area (TPSA) is 130 Å². The van der Waals surface area contributed by atoms with Crippen LogP contribution in [0.2, 0.25) is 5.02 Å². The minimum atomic E-state index is -3.92. The molecule has 1 amide bonds. The largest absolute Gasteiger partial charge is 0.325 e. The average molecular weight is 550 g/mol. The molecule has 0 fully saturated rings. The van der Waals surface area contributed by atoms with Gasteiger partial charge in [0.2, 0.25) is 15.9 Å². The van der Waals surface area contributed by atoms with Gasteiger partial charge in [-0.15, -0.1) is 0 Å². The maximum Gasteiger partial charge on any atom is 0.261 e. The van der Waals surface area contributed by atoms with Crippen LogP contribution in [0.3, 0.4) is 0 Å². The first-order valence-electron chi connectivity index (χ1n) is 10.5. The van der Waals surface area contributed by atoms with Crippen molar-refractivity contribution >= 4 is 60.4 Å². The van der Waals surface area contributed by atoms with Gasteiger partial charge >= 0.3 is 0 Å². The number of anilines is 3. The van der Waals surface area contributed by atoms with Gasteiger partial charge in [-0.05, 0) is 67.9 Å². The summed E-state index contributed by atoms with van der Waals surface area (Å²) in [6.07, 6.45) is 0.953. The molecule has 0 aromatic heterocycles. The van der Waals surface area contributed by atoms with Crippen LogP contribution in [0.5, 0.6) is 0 Å². The molecule has 0 bridgehead atoms. The number of nitrogens with one attached hydrogen (secondary N) is 2. The Bertz CT molecular complexity index is 1520. The summed E-state index contributed by atoms with van der Waals surface area (Å²) in [6.45, 7) is 2.55. The van der Waals surface area contributed by atoms with Gasteiger partial charge in [-0.2, -0.15) is 0 Å². The highest BCUT2D eigenvalue weighted by molar-refractivity contribution is 7.92. The van der Waals surface area contributed by atoms with E-state index >= 15 is 0 Å². The fourth-order valence-corrected chi connectivity index (χ4v) is 5.38. The van der Waals surface area contributed by atoms with Gasteiger partial charge in [0, 0.05) is 16.3 Å². The van der Waals surface area contributed by atoms with Gasteiger partial charge in [-0.1, -0.05) is 29.8 Å². The monoisotopic (exact) mass is 549 g/mol. The van der Waals surface area contributed by atoms with E-state index in [1.54, 1.807) is 25.1 Å². The maximum absolute atomic E-state index is 12.7. The number of carbonyl (C=O) groups is 2. The van der Waals surface area contributed by atoms with Crippen molar-refractivity contribution in [2.45, 2.75) is 18.7 Å². The lowest BCUT2D eigenvalue weighted by Crippen LogP contribution is -2.37. The molecule has 9 nitrogen and oxygen atoms in total. The Morgan fingerprint density at radius 3 is 2.22 bits per heavy atom. The van der Waals surface area contributed by atoms with Gasteiger partial charge < -0.3 is 5.32 Å². The first kappa shape index (κ1) is 27.2. The summed E-state index contributed by atoms with van der Waals surface area (Å²) in [5.74, 6) is -0.901. The van der Waals surface area contributed by atoms with Crippen molar-refractivity contribution in [1.29, 1.82) is 0 Å². The maximum atomic E-state index is 12.7. The quantitative estimate of drug-likeness (QED) is 0.387. The predicted molar refractivity (Wildman–Crippen MR) is 141 cm³/mol. The Kier molecular flexibility index (Phi) is 8.07. The van der Waals surface area contributed by atoms with E-state index in [-0.39, 0.29) is 22.1 Å². The molecule has 3 aromatic rings. The standard InChI is InChI=1S/C24H24ClN3O6S2/c1-16-7-8-19(25)14-23(16)27-36(33,34)22-11-9-20(10-12-22)26-24(30)15-28(35(3,31)32)21-6-4-5-18(13-21)17(2)29/h4-14,27H,15H2,1-3H3,(H,26,30). The Morgan fingerprint density at radius 1 is 0.944 bits per heavy atom. The number of sulfonamides is 2. The number of amides is 1. The molecule has 0 aliphatic carbocycles. The molecule has 190 valence electrons. The zero-order valence-corrected chi connectivity index (χ0v) is 22.0.